The van der Waals surface area contributed by atoms with Crippen molar-refractivity contribution in [2.75, 3.05) is 25.5 Å². The molecule has 4 nitrogen and oxygen atoms in total. The molecule has 1 aromatic carbocycles. The fourth-order valence-corrected chi connectivity index (χ4v) is 2.85. The second kappa shape index (κ2) is 7.34. The molecule has 1 saturated heterocycles. The Hall–Kier alpha value is -0.970. The molecule has 1 heterocycles. The van der Waals surface area contributed by atoms with Crippen molar-refractivity contribution in [3.8, 4) is 0 Å². The number of nitrogens with one attached hydrogen (secondary N) is 2. The normalized spacial score (nSPS) is 18.3. The molecule has 1 atom stereocenters. The average molecular weight is 330 g/mol. The fraction of sp³-hybridized carbons (Fsp3) is 0.533. The third kappa shape index (κ3) is 4.77. The average Bonchev–Trinajstić information content (AvgIpc) is 2.44. The molecule has 0 unspecified atom stereocenters. The molecular formula is C15H21Cl2N3O. The van der Waals surface area contributed by atoms with Gasteiger partial charge in [0.2, 0.25) is 5.91 Å². The van der Waals surface area contributed by atoms with E-state index in [2.05, 4.69) is 22.6 Å². The van der Waals surface area contributed by atoms with Crippen LogP contribution in [0.2, 0.25) is 10.0 Å². The van der Waals surface area contributed by atoms with Gasteiger partial charge in [-0.25, -0.2) is 0 Å². The Labute approximate surface area is 135 Å². The van der Waals surface area contributed by atoms with Crippen LogP contribution in [0.15, 0.2) is 18.2 Å². The Bertz CT molecular complexity index is 502. The third-order valence-corrected chi connectivity index (χ3v) is 4.31. The maximum absolute atomic E-state index is 12.2. The molecule has 0 radical (unpaired) electrons. The van der Waals surface area contributed by atoms with E-state index >= 15 is 0 Å². The van der Waals surface area contributed by atoms with Gasteiger partial charge in [0.15, 0.2) is 0 Å². The van der Waals surface area contributed by atoms with E-state index in [1.807, 2.05) is 6.92 Å². The van der Waals surface area contributed by atoms with Gasteiger partial charge in [-0.2, -0.15) is 0 Å². The van der Waals surface area contributed by atoms with E-state index in [0.29, 0.717) is 15.7 Å². The number of halogens is 2. The van der Waals surface area contributed by atoms with Crippen molar-refractivity contribution < 1.29 is 4.79 Å². The lowest BCUT2D eigenvalue weighted by Gasteiger charge is -2.30. The lowest BCUT2D eigenvalue weighted by molar-refractivity contribution is -0.122. The topological polar surface area (TPSA) is 44.4 Å². The standard InChI is InChI=1S/C15H21Cl2N3O/c1-10(18-14-4-3-11(16)9-13(14)17)15(21)19-12-5-7-20(2)8-6-12/h3-4,9-10,12,18H,5-8H2,1-2H3,(H,19,21)/t10-/m1/s1. The van der Waals surface area contributed by atoms with Crippen LogP contribution in [-0.2, 0) is 4.79 Å². The van der Waals surface area contributed by atoms with Crippen LogP contribution in [-0.4, -0.2) is 43.0 Å². The molecule has 2 rings (SSSR count). The van der Waals surface area contributed by atoms with Gasteiger partial charge < -0.3 is 15.5 Å². The quantitative estimate of drug-likeness (QED) is 0.892. The number of carbonyl (C=O) groups is 1. The Morgan fingerprint density at radius 3 is 2.62 bits per heavy atom. The van der Waals surface area contributed by atoms with Crippen LogP contribution in [0.25, 0.3) is 0 Å². The van der Waals surface area contributed by atoms with Crippen LogP contribution in [0.1, 0.15) is 19.8 Å². The first-order chi connectivity index (χ1) is 9.95. The van der Waals surface area contributed by atoms with E-state index in [9.17, 15) is 4.79 Å². The van der Waals surface area contributed by atoms with Crippen molar-refractivity contribution in [2.24, 2.45) is 0 Å². The first kappa shape index (κ1) is 16.4. The summed E-state index contributed by atoms with van der Waals surface area (Å²) in [5.41, 5.74) is 0.715. The molecule has 1 aliphatic rings. The summed E-state index contributed by atoms with van der Waals surface area (Å²) in [6.07, 6.45) is 1.99. The summed E-state index contributed by atoms with van der Waals surface area (Å²) < 4.78 is 0. The highest BCUT2D eigenvalue weighted by molar-refractivity contribution is 6.36. The molecule has 0 spiro atoms. The molecule has 1 fully saturated rings. The first-order valence-electron chi connectivity index (χ1n) is 7.16. The van der Waals surface area contributed by atoms with E-state index in [0.717, 1.165) is 25.9 Å². The zero-order valence-corrected chi connectivity index (χ0v) is 13.8. The van der Waals surface area contributed by atoms with Crippen molar-refractivity contribution in [1.29, 1.82) is 0 Å². The van der Waals surface area contributed by atoms with Gasteiger partial charge >= 0.3 is 0 Å². The zero-order valence-electron chi connectivity index (χ0n) is 12.3. The van der Waals surface area contributed by atoms with E-state index in [4.69, 9.17) is 23.2 Å². The van der Waals surface area contributed by atoms with Crippen LogP contribution < -0.4 is 10.6 Å². The molecule has 0 aromatic heterocycles. The van der Waals surface area contributed by atoms with Crippen molar-refractivity contribution in [3.05, 3.63) is 28.2 Å². The predicted octanol–water partition coefficient (Wildman–Crippen LogP) is 3.00. The van der Waals surface area contributed by atoms with Crippen molar-refractivity contribution >= 4 is 34.8 Å². The molecular weight excluding hydrogens is 309 g/mol. The molecule has 21 heavy (non-hydrogen) atoms. The molecule has 0 aliphatic carbocycles. The maximum Gasteiger partial charge on any atom is 0.242 e. The highest BCUT2D eigenvalue weighted by Gasteiger charge is 2.21. The Morgan fingerprint density at radius 2 is 2.00 bits per heavy atom. The van der Waals surface area contributed by atoms with Gasteiger partial charge in [-0.1, -0.05) is 23.2 Å². The summed E-state index contributed by atoms with van der Waals surface area (Å²) in [5.74, 6) is -0.00410. The number of carbonyl (C=O) groups excluding carboxylic acids is 1. The smallest absolute Gasteiger partial charge is 0.242 e. The lowest BCUT2D eigenvalue weighted by atomic mass is 10.1. The second-order valence-corrected chi connectivity index (χ2v) is 6.42. The fourth-order valence-electron chi connectivity index (χ4n) is 2.38. The summed E-state index contributed by atoms with van der Waals surface area (Å²) >= 11 is 12.0. The number of amides is 1. The van der Waals surface area contributed by atoms with Crippen LogP contribution in [0.5, 0.6) is 0 Å². The monoisotopic (exact) mass is 329 g/mol. The minimum absolute atomic E-state index is 0.00410. The van der Waals surface area contributed by atoms with Crippen molar-refractivity contribution in [3.63, 3.8) is 0 Å². The predicted molar refractivity (Wildman–Crippen MR) is 88.2 cm³/mol. The second-order valence-electron chi connectivity index (χ2n) is 5.58. The Morgan fingerprint density at radius 1 is 1.33 bits per heavy atom. The minimum Gasteiger partial charge on any atom is -0.373 e. The number of hydrogen-bond acceptors (Lipinski definition) is 3. The summed E-state index contributed by atoms with van der Waals surface area (Å²) in [6.45, 7) is 3.88. The van der Waals surface area contributed by atoms with E-state index in [-0.39, 0.29) is 18.0 Å². The molecule has 0 bridgehead atoms. The van der Waals surface area contributed by atoms with Crippen LogP contribution in [0, 0.1) is 0 Å². The molecule has 1 aromatic rings. The molecule has 2 N–H and O–H groups in total. The number of likely N-dealkylation sites (tertiary alicyclic amines) is 1. The van der Waals surface area contributed by atoms with Gasteiger partial charge in [0.05, 0.1) is 10.7 Å². The minimum atomic E-state index is -0.344. The van der Waals surface area contributed by atoms with Crippen LogP contribution >= 0.6 is 23.2 Å². The van der Waals surface area contributed by atoms with Crippen LogP contribution in [0.4, 0.5) is 5.69 Å². The van der Waals surface area contributed by atoms with Gasteiger partial charge in [-0.3, -0.25) is 4.79 Å². The summed E-state index contributed by atoms with van der Waals surface area (Å²) in [5, 5.41) is 7.31. The summed E-state index contributed by atoms with van der Waals surface area (Å²) in [4.78, 5) is 14.5. The number of hydrogen-bond donors (Lipinski definition) is 2. The Balaban J connectivity index is 1.87. The number of anilines is 1. The highest BCUT2D eigenvalue weighted by atomic mass is 35.5. The van der Waals surface area contributed by atoms with Gasteiger partial charge in [0.1, 0.15) is 6.04 Å². The number of piperidine rings is 1. The SMILES string of the molecule is C[C@@H](Nc1ccc(Cl)cc1Cl)C(=O)NC1CCN(C)CC1. The van der Waals surface area contributed by atoms with Gasteiger partial charge in [0.25, 0.3) is 0 Å². The van der Waals surface area contributed by atoms with E-state index in [1.54, 1.807) is 18.2 Å². The lowest BCUT2D eigenvalue weighted by Crippen LogP contribution is -2.47. The number of nitrogens with zero attached hydrogens (tertiary/aromatic N) is 1. The van der Waals surface area contributed by atoms with E-state index < -0.39 is 0 Å². The Kier molecular flexibility index (Phi) is 5.73. The third-order valence-electron chi connectivity index (χ3n) is 3.76. The summed E-state index contributed by atoms with van der Waals surface area (Å²) in [6, 6.07) is 5.11. The number of rotatable bonds is 4. The van der Waals surface area contributed by atoms with Gasteiger partial charge in [0, 0.05) is 11.1 Å². The molecule has 0 saturated carbocycles. The van der Waals surface area contributed by atoms with Crippen molar-refractivity contribution in [2.45, 2.75) is 31.8 Å². The molecule has 1 amide bonds. The highest BCUT2D eigenvalue weighted by Crippen LogP contribution is 2.25. The van der Waals surface area contributed by atoms with Gasteiger partial charge in [-0.15, -0.1) is 0 Å². The first-order valence-corrected chi connectivity index (χ1v) is 7.92. The zero-order chi connectivity index (χ0) is 15.4. The largest absolute Gasteiger partial charge is 0.373 e. The van der Waals surface area contributed by atoms with E-state index in [1.165, 1.54) is 0 Å². The maximum atomic E-state index is 12.2. The molecule has 6 heteroatoms. The van der Waals surface area contributed by atoms with Crippen molar-refractivity contribution in [1.82, 2.24) is 10.2 Å². The van der Waals surface area contributed by atoms with Gasteiger partial charge in [-0.05, 0) is 58.1 Å². The molecule has 116 valence electrons. The molecule has 1 aliphatic heterocycles. The summed E-state index contributed by atoms with van der Waals surface area (Å²) in [7, 11) is 2.10. The van der Waals surface area contributed by atoms with Crippen LogP contribution in [0.3, 0.4) is 0 Å². The number of benzene rings is 1.